The van der Waals surface area contributed by atoms with Crippen LogP contribution in [0.5, 0.6) is 0 Å². The molecule has 0 bridgehead atoms. The number of benzene rings is 1. The lowest BCUT2D eigenvalue weighted by atomic mass is 9.93. The SMILES string of the molecule is Cc1cc(C(C)(C)C)oc1C(=O)N(CC(=O)NC1CCCC1)c1ccc(C(C)C)cc1. The second-order valence-corrected chi connectivity index (χ2v) is 10.1. The lowest BCUT2D eigenvalue weighted by molar-refractivity contribution is -0.120. The van der Waals surface area contributed by atoms with Crippen LogP contribution in [-0.4, -0.2) is 24.4 Å². The quantitative estimate of drug-likeness (QED) is 0.645. The highest BCUT2D eigenvalue weighted by Gasteiger charge is 2.29. The standard InChI is InChI=1S/C26H36N2O3/c1-17(2)19-11-13-21(14-12-19)28(16-23(29)27-20-9-7-8-10-20)25(30)24-18(3)15-22(31-24)26(4,5)6/h11-15,17,20H,7-10,16H2,1-6H3,(H,27,29). The van der Waals surface area contributed by atoms with E-state index in [4.69, 9.17) is 4.42 Å². The molecule has 1 fully saturated rings. The van der Waals surface area contributed by atoms with Gasteiger partial charge < -0.3 is 9.73 Å². The van der Waals surface area contributed by atoms with Crippen molar-refractivity contribution in [3.8, 4) is 0 Å². The van der Waals surface area contributed by atoms with Gasteiger partial charge in [-0.1, -0.05) is 59.6 Å². The Hall–Kier alpha value is -2.56. The van der Waals surface area contributed by atoms with Crippen molar-refractivity contribution in [3.05, 3.63) is 53.0 Å². The van der Waals surface area contributed by atoms with E-state index < -0.39 is 0 Å². The maximum absolute atomic E-state index is 13.6. The Morgan fingerprint density at radius 3 is 2.26 bits per heavy atom. The molecule has 1 saturated carbocycles. The van der Waals surface area contributed by atoms with Crippen molar-refractivity contribution >= 4 is 17.5 Å². The molecule has 31 heavy (non-hydrogen) atoms. The predicted molar refractivity (Wildman–Crippen MR) is 125 cm³/mol. The Balaban J connectivity index is 1.89. The highest BCUT2D eigenvalue weighted by atomic mass is 16.4. The summed E-state index contributed by atoms with van der Waals surface area (Å²) in [6.07, 6.45) is 4.31. The molecule has 1 aromatic heterocycles. The molecule has 5 nitrogen and oxygen atoms in total. The first-order chi connectivity index (χ1) is 14.6. The molecule has 5 heteroatoms. The summed E-state index contributed by atoms with van der Waals surface area (Å²) >= 11 is 0. The fourth-order valence-corrected chi connectivity index (χ4v) is 3.99. The van der Waals surface area contributed by atoms with Gasteiger partial charge in [0, 0.05) is 22.7 Å². The van der Waals surface area contributed by atoms with Gasteiger partial charge in [0.25, 0.3) is 5.91 Å². The zero-order valence-electron chi connectivity index (χ0n) is 19.7. The number of aryl methyl sites for hydroxylation is 1. The number of carbonyl (C=O) groups is 2. The normalized spacial score (nSPS) is 14.8. The van der Waals surface area contributed by atoms with Crippen LogP contribution in [0, 0.1) is 6.92 Å². The maximum atomic E-state index is 13.6. The molecule has 0 atom stereocenters. The van der Waals surface area contributed by atoms with Gasteiger partial charge in [-0.25, -0.2) is 0 Å². The third-order valence-electron chi connectivity index (χ3n) is 5.99. The van der Waals surface area contributed by atoms with Gasteiger partial charge in [0.15, 0.2) is 5.76 Å². The Morgan fingerprint density at radius 1 is 1.13 bits per heavy atom. The van der Waals surface area contributed by atoms with Crippen LogP contribution in [0.1, 0.15) is 93.7 Å². The van der Waals surface area contributed by atoms with Gasteiger partial charge in [-0.2, -0.15) is 0 Å². The molecule has 1 aliphatic carbocycles. The van der Waals surface area contributed by atoms with E-state index in [-0.39, 0.29) is 29.8 Å². The molecule has 0 aliphatic heterocycles. The molecule has 2 aromatic rings. The van der Waals surface area contributed by atoms with Gasteiger partial charge in [0.2, 0.25) is 5.91 Å². The minimum atomic E-state index is -0.285. The highest BCUT2D eigenvalue weighted by Crippen LogP contribution is 2.29. The van der Waals surface area contributed by atoms with E-state index in [9.17, 15) is 9.59 Å². The lowest BCUT2D eigenvalue weighted by Gasteiger charge is -2.23. The van der Waals surface area contributed by atoms with Crippen LogP contribution in [0.2, 0.25) is 0 Å². The molecule has 1 heterocycles. The Kier molecular flexibility index (Phi) is 6.93. The lowest BCUT2D eigenvalue weighted by Crippen LogP contribution is -2.43. The first-order valence-corrected chi connectivity index (χ1v) is 11.4. The van der Waals surface area contributed by atoms with E-state index in [1.807, 2.05) is 37.3 Å². The van der Waals surface area contributed by atoms with Crippen molar-refractivity contribution < 1.29 is 14.0 Å². The molecule has 0 saturated heterocycles. The number of hydrogen-bond donors (Lipinski definition) is 1. The fraction of sp³-hybridized carbons (Fsp3) is 0.538. The van der Waals surface area contributed by atoms with Crippen LogP contribution in [-0.2, 0) is 10.2 Å². The average molecular weight is 425 g/mol. The van der Waals surface area contributed by atoms with Crippen molar-refractivity contribution in [2.24, 2.45) is 0 Å². The number of rotatable bonds is 6. The second-order valence-electron chi connectivity index (χ2n) is 10.1. The van der Waals surface area contributed by atoms with E-state index in [0.29, 0.717) is 17.4 Å². The minimum absolute atomic E-state index is 0.0264. The number of furan rings is 1. The number of nitrogens with zero attached hydrogens (tertiary/aromatic N) is 1. The minimum Gasteiger partial charge on any atom is -0.455 e. The number of hydrogen-bond acceptors (Lipinski definition) is 3. The first-order valence-electron chi connectivity index (χ1n) is 11.4. The summed E-state index contributed by atoms with van der Waals surface area (Å²) in [7, 11) is 0. The van der Waals surface area contributed by atoms with E-state index in [1.54, 1.807) is 0 Å². The highest BCUT2D eigenvalue weighted by molar-refractivity contribution is 6.08. The monoisotopic (exact) mass is 424 g/mol. The molecule has 168 valence electrons. The van der Waals surface area contributed by atoms with Gasteiger partial charge in [-0.05, 0) is 49.4 Å². The third kappa shape index (κ3) is 5.57. The van der Waals surface area contributed by atoms with Crippen LogP contribution in [0.25, 0.3) is 0 Å². The Labute approximate surface area is 186 Å². The molecule has 3 rings (SSSR count). The smallest absolute Gasteiger partial charge is 0.294 e. The summed E-state index contributed by atoms with van der Waals surface area (Å²) in [5, 5.41) is 3.10. The van der Waals surface area contributed by atoms with E-state index in [1.165, 1.54) is 10.5 Å². The molecule has 0 radical (unpaired) electrons. The molecule has 1 aromatic carbocycles. The summed E-state index contributed by atoms with van der Waals surface area (Å²) in [5.41, 5.74) is 2.47. The predicted octanol–water partition coefficient (Wildman–Crippen LogP) is 5.71. The summed E-state index contributed by atoms with van der Waals surface area (Å²) in [4.78, 5) is 27.9. The van der Waals surface area contributed by atoms with Crippen molar-refractivity contribution in [1.82, 2.24) is 5.32 Å². The third-order valence-corrected chi connectivity index (χ3v) is 5.99. The second kappa shape index (κ2) is 9.29. The molecule has 1 aliphatic rings. The number of amides is 2. The number of carbonyl (C=O) groups excluding carboxylic acids is 2. The number of anilines is 1. The van der Waals surface area contributed by atoms with Crippen LogP contribution in [0.3, 0.4) is 0 Å². The molecular formula is C26H36N2O3. The summed E-state index contributed by atoms with van der Waals surface area (Å²) in [6.45, 7) is 12.3. The topological polar surface area (TPSA) is 62.6 Å². The van der Waals surface area contributed by atoms with Crippen molar-refractivity contribution in [3.63, 3.8) is 0 Å². The molecular weight excluding hydrogens is 388 g/mol. The zero-order chi connectivity index (χ0) is 22.8. The van der Waals surface area contributed by atoms with Gasteiger partial charge >= 0.3 is 0 Å². The van der Waals surface area contributed by atoms with E-state index >= 15 is 0 Å². The Morgan fingerprint density at radius 2 is 1.74 bits per heavy atom. The van der Waals surface area contributed by atoms with Crippen LogP contribution in [0.15, 0.2) is 34.7 Å². The van der Waals surface area contributed by atoms with E-state index in [0.717, 1.165) is 37.0 Å². The average Bonchev–Trinajstić information content (AvgIpc) is 3.35. The molecule has 1 N–H and O–H groups in total. The largest absolute Gasteiger partial charge is 0.455 e. The van der Waals surface area contributed by atoms with Crippen molar-refractivity contribution in [2.75, 3.05) is 11.4 Å². The Bertz CT molecular complexity index is 913. The van der Waals surface area contributed by atoms with Gasteiger partial charge in [-0.3, -0.25) is 14.5 Å². The van der Waals surface area contributed by atoms with Crippen LogP contribution >= 0.6 is 0 Å². The molecule has 0 spiro atoms. The fourth-order valence-electron chi connectivity index (χ4n) is 3.99. The molecule has 2 amide bonds. The first kappa shape index (κ1) is 23.1. The van der Waals surface area contributed by atoms with Gasteiger partial charge in [0.05, 0.1) is 0 Å². The summed E-state index contributed by atoms with van der Waals surface area (Å²) in [5.74, 6) is 1.04. The van der Waals surface area contributed by atoms with Crippen LogP contribution < -0.4 is 10.2 Å². The van der Waals surface area contributed by atoms with E-state index in [2.05, 4.69) is 39.9 Å². The summed E-state index contributed by atoms with van der Waals surface area (Å²) in [6, 6.07) is 10.0. The van der Waals surface area contributed by atoms with Crippen molar-refractivity contribution in [2.45, 2.75) is 84.6 Å². The van der Waals surface area contributed by atoms with Crippen LogP contribution in [0.4, 0.5) is 5.69 Å². The maximum Gasteiger partial charge on any atom is 0.294 e. The van der Waals surface area contributed by atoms with Crippen molar-refractivity contribution in [1.29, 1.82) is 0 Å². The zero-order valence-corrected chi connectivity index (χ0v) is 19.7. The van der Waals surface area contributed by atoms with Gasteiger partial charge in [-0.15, -0.1) is 0 Å². The summed E-state index contributed by atoms with van der Waals surface area (Å²) < 4.78 is 6.00. The number of nitrogens with one attached hydrogen (secondary N) is 1. The molecule has 0 unspecified atom stereocenters. The van der Waals surface area contributed by atoms with Gasteiger partial charge in [0.1, 0.15) is 12.3 Å².